The molecule has 2 rings (SSSR count). The molecule has 5 nitrogen and oxygen atoms in total. The van der Waals surface area contributed by atoms with Crippen LogP contribution in [0, 0.1) is 0 Å². The lowest BCUT2D eigenvalue weighted by atomic mass is 9.92. The van der Waals surface area contributed by atoms with Crippen LogP contribution in [-0.2, 0) is 20.7 Å². The predicted molar refractivity (Wildman–Crippen MR) is 68.7 cm³/mol. The molecule has 1 aliphatic rings. The number of rotatable bonds is 4. The van der Waals surface area contributed by atoms with Crippen LogP contribution in [0.25, 0.3) is 0 Å². The summed E-state index contributed by atoms with van der Waals surface area (Å²) < 4.78 is 4.87. The Morgan fingerprint density at radius 3 is 2.84 bits per heavy atom. The molecular formula is C14H17NO4. The maximum atomic E-state index is 12.1. The van der Waals surface area contributed by atoms with Gasteiger partial charge in [-0.3, -0.25) is 4.79 Å². The van der Waals surface area contributed by atoms with Crippen LogP contribution in [0.1, 0.15) is 23.6 Å². The van der Waals surface area contributed by atoms with E-state index in [1.807, 2.05) is 12.1 Å². The Bertz CT molecular complexity index is 486. The second-order valence-corrected chi connectivity index (χ2v) is 4.52. The number of benzene rings is 1. The fourth-order valence-corrected chi connectivity index (χ4v) is 2.43. The molecule has 1 heterocycles. The number of carbonyl (C=O) groups is 2. The summed E-state index contributed by atoms with van der Waals surface area (Å²) >= 11 is 0. The lowest BCUT2D eigenvalue weighted by Gasteiger charge is -2.34. The van der Waals surface area contributed by atoms with Gasteiger partial charge in [-0.2, -0.15) is 0 Å². The summed E-state index contributed by atoms with van der Waals surface area (Å²) in [5.41, 5.74) is 1.72. The number of methoxy groups -OCH3 is 1. The van der Waals surface area contributed by atoms with E-state index >= 15 is 0 Å². The Morgan fingerprint density at radius 1 is 1.42 bits per heavy atom. The smallest absolute Gasteiger partial charge is 0.331 e. The third-order valence-corrected chi connectivity index (χ3v) is 3.36. The van der Waals surface area contributed by atoms with E-state index in [1.54, 1.807) is 12.1 Å². The first-order valence-electron chi connectivity index (χ1n) is 6.24. The molecule has 1 atom stereocenters. The minimum Gasteiger partial charge on any atom is -0.479 e. The van der Waals surface area contributed by atoms with Gasteiger partial charge in [0.05, 0.1) is 13.0 Å². The van der Waals surface area contributed by atoms with Crippen LogP contribution in [0.2, 0.25) is 0 Å². The summed E-state index contributed by atoms with van der Waals surface area (Å²) in [6, 6.07) is 6.51. The van der Waals surface area contributed by atoms with Crippen molar-refractivity contribution in [2.75, 3.05) is 20.3 Å². The molecule has 0 bridgehead atoms. The van der Waals surface area contributed by atoms with Crippen LogP contribution in [0.5, 0.6) is 0 Å². The van der Waals surface area contributed by atoms with Crippen molar-refractivity contribution in [3.63, 3.8) is 0 Å². The van der Waals surface area contributed by atoms with Crippen molar-refractivity contribution in [2.24, 2.45) is 0 Å². The first kappa shape index (κ1) is 13.5. The van der Waals surface area contributed by atoms with Gasteiger partial charge in [-0.1, -0.05) is 24.3 Å². The second kappa shape index (κ2) is 5.84. The van der Waals surface area contributed by atoms with Gasteiger partial charge in [-0.15, -0.1) is 0 Å². The minimum absolute atomic E-state index is 0.177. The molecule has 1 aliphatic heterocycles. The Hall–Kier alpha value is -1.88. The van der Waals surface area contributed by atoms with Gasteiger partial charge in [-0.05, 0) is 17.5 Å². The topological polar surface area (TPSA) is 66.8 Å². The normalized spacial score (nSPS) is 17.9. The zero-order valence-electron chi connectivity index (χ0n) is 10.8. The van der Waals surface area contributed by atoms with E-state index in [0.717, 1.165) is 5.56 Å². The van der Waals surface area contributed by atoms with Crippen molar-refractivity contribution in [1.82, 2.24) is 4.90 Å². The van der Waals surface area contributed by atoms with Crippen LogP contribution >= 0.6 is 0 Å². The third kappa shape index (κ3) is 2.76. The highest BCUT2D eigenvalue weighted by molar-refractivity contribution is 5.85. The van der Waals surface area contributed by atoms with Crippen molar-refractivity contribution in [2.45, 2.75) is 18.9 Å². The highest BCUT2D eigenvalue weighted by atomic mass is 16.5. The molecule has 0 radical (unpaired) electrons. The van der Waals surface area contributed by atoms with Crippen LogP contribution in [0.4, 0.5) is 0 Å². The summed E-state index contributed by atoms with van der Waals surface area (Å²) in [6.07, 6.45) is 0.904. The number of nitrogens with zero attached hydrogens (tertiary/aromatic N) is 1. The Balaban J connectivity index is 2.27. The number of hydrogen-bond donors (Lipinski definition) is 1. The SMILES string of the molecule is COCCC(=O)N1CCc2ccccc2C1C(=O)O. The van der Waals surface area contributed by atoms with Crippen LogP contribution in [0.3, 0.4) is 0 Å². The molecule has 0 fully saturated rings. The lowest BCUT2D eigenvalue weighted by molar-refractivity contribution is -0.151. The number of carboxylic acid groups (broad SMARTS) is 1. The Labute approximate surface area is 111 Å². The first-order chi connectivity index (χ1) is 9.15. The van der Waals surface area contributed by atoms with Crippen molar-refractivity contribution in [1.29, 1.82) is 0 Å². The monoisotopic (exact) mass is 263 g/mol. The average Bonchev–Trinajstić information content (AvgIpc) is 2.43. The molecule has 1 aromatic carbocycles. The van der Waals surface area contributed by atoms with E-state index in [9.17, 15) is 14.7 Å². The standard InChI is InChI=1S/C14H17NO4/c1-19-9-7-12(16)15-8-6-10-4-2-3-5-11(10)13(15)14(17)18/h2-5,13H,6-9H2,1H3,(H,17,18). The average molecular weight is 263 g/mol. The molecule has 0 aliphatic carbocycles. The maximum Gasteiger partial charge on any atom is 0.331 e. The third-order valence-electron chi connectivity index (χ3n) is 3.36. The predicted octanol–water partition coefficient (Wildman–Crippen LogP) is 1.23. The van der Waals surface area contributed by atoms with Crippen LogP contribution in [0.15, 0.2) is 24.3 Å². The molecule has 5 heteroatoms. The summed E-state index contributed by atoms with van der Waals surface area (Å²) in [4.78, 5) is 25.0. The lowest BCUT2D eigenvalue weighted by Crippen LogP contribution is -2.43. The number of amides is 1. The van der Waals surface area contributed by atoms with E-state index < -0.39 is 12.0 Å². The largest absolute Gasteiger partial charge is 0.479 e. The molecule has 1 unspecified atom stereocenters. The van der Waals surface area contributed by atoms with Crippen molar-refractivity contribution in [3.05, 3.63) is 35.4 Å². The molecule has 0 aromatic heterocycles. The molecule has 0 saturated carbocycles. The molecule has 0 spiro atoms. The fourth-order valence-electron chi connectivity index (χ4n) is 2.43. The van der Waals surface area contributed by atoms with E-state index in [2.05, 4.69) is 0 Å². The van der Waals surface area contributed by atoms with Gasteiger partial charge < -0.3 is 14.7 Å². The number of carboxylic acids is 1. The molecule has 0 saturated heterocycles. The van der Waals surface area contributed by atoms with E-state index in [4.69, 9.17) is 4.74 Å². The van der Waals surface area contributed by atoms with Crippen molar-refractivity contribution in [3.8, 4) is 0 Å². The number of ether oxygens (including phenoxy) is 1. The minimum atomic E-state index is -0.988. The fraction of sp³-hybridized carbons (Fsp3) is 0.429. The molecule has 1 aromatic rings. The van der Waals surface area contributed by atoms with Crippen molar-refractivity contribution >= 4 is 11.9 Å². The Kier molecular flexibility index (Phi) is 4.16. The van der Waals surface area contributed by atoms with Crippen molar-refractivity contribution < 1.29 is 19.4 Å². The zero-order valence-corrected chi connectivity index (χ0v) is 10.8. The zero-order chi connectivity index (χ0) is 13.8. The summed E-state index contributed by atoms with van der Waals surface area (Å²) in [5, 5.41) is 9.40. The molecule has 102 valence electrons. The quantitative estimate of drug-likeness (QED) is 0.887. The van der Waals surface area contributed by atoms with Gasteiger partial charge in [0.15, 0.2) is 6.04 Å². The second-order valence-electron chi connectivity index (χ2n) is 4.52. The molecule has 19 heavy (non-hydrogen) atoms. The summed E-state index contributed by atoms with van der Waals surface area (Å²) in [5.74, 6) is -1.17. The van der Waals surface area contributed by atoms with Crippen LogP contribution in [-0.4, -0.2) is 42.1 Å². The maximum absolute atomic E-state index is 12.1. The molecular weight excluding hydrogens is 246 g/mol. The van der Waals surface area contributed by atoms with E-state index in [0.29, 0.717) is 25.1 Å². The molecule has 1 N–H and O–H groups in total. The number of hydrogen-bond acceptors (Lipinski definition) is 3. The van der Waals surface area contributed by atoms with Gasteiger partial charge >= 0.3 is 5.97 Å². The van der Waals surface area contributed by atoms with Gasteiger partial charge in [0, 0.05) is 13.7 Å². The van der Waals surface area contributed by atoms with Crippen LogP contribution < -0.4 is 0 Å². The number of aliphatic carboxylic acids is 1. The molecule has 1 amide bonds. The van der Waals surface area contributed by atoms with Gasteiger partial charge in [0.1, 0.15) is 0 Å². The van der Waals surface area contributed by atoms with Gasteiger partial charge in [0.25, 0.3) is 0 Å². The van der Waals surface area contributed by atoms with E-state index in [-0.39, 0.29) is 12.3 Å². The van der Waals surface area contributed by atoms with Gasteiger partial charge in [-0.25, -0.2) is 4.79 Å². The van der Waals surface area contributed by atoms with E-state index in [1.165, 1.54) is 12.0 Å². The summed E-state index contributed by atoms with van der Waals surface area (Å²) in [6.45, 7) is 0.750. The van der Waals surface area contributed by atoms with Gasteiger partial charge in [0.2, 0.25) is 5.91 Å². The highest BCUT2D eigenvalue weighted by Crippen LogP contribution is 2.30. The number of carbonyl (C=O) groups excluding carboxylic acids is 1. The highest BCUT2D eigenvalue weighted by Gasteiger charge is 2.35. The first-order valence-corrected chi connectivity index (χ1v) is 6.24. The summed E-state index contributed by atoms with van der Waals surface area (Å²) in [7, 11) is 1.52. The number of fused-ring (bicyclic) bond motifs is 1. The Morgan fingerprint density at radius 2 is 2.16 bits per heavy atom.